The van der Waals surface area contributed by atoms with E-state index in [1.165, 1.54) is 22.2 Å². The van der Waals surface area contributed by atoms with Gasteiger partial charge in [0.2, 0.25) is 0 Å². The van der Waals surface area contributed by atoms with Crippen LogP contribution in [0.15, 0.2) is 35.4 Å². The zero-order valence-electron chi connectivity index (χ0n) is 16.1. The molecule has 0 unspecified atom stereocenters. The van der Waals surface area contributed by atoms with E-state index in [-0.39, 0.29) is 5.56 Å². The smallest absolute Gasteiger partial charge is 0.328 e. The third-order valence-electron chi connectivity index (χ3n) is 4.65. The first kappa shape index (κ1) is 19.3. The third-order valence-corrected chi connectivity index (χ3v) is 5.67. The summed E-state index contributed by atoms with van der Waals surface area (Å²) in [4.78, 5) is 31.7. The average molecular weight is 385 g/mol. The fraction of sp³-hybridized carbons (Fsp3) is 0.381. The Kier molecular flexibility index (Phi) is 5.75. The summed E-state index contributed by atoms with van der Waals surface area (Å²) in [5.41, 5.74) is 2.84. The number of benzene rings is 1. The summed E-state index contributed by atoms with van der Waals surface area (Å²) in [6, 6.07) is 7.38. The van der Waals surface area contributed by atoms with Gasteiger partial charge in [-0.25, -0.2) is 9.78 Å². The van der Waals surface area contributed by atoms with Crippen LogP contribution in [0.2, 0.25) is 0 Å². The van der Waals surface area contributed by atoms with Gasteiger partial charge in [-0.2, -0.15) is 0 Å². The van der Waals surface area contributed by atoms with Gasteiger partial charge in [-0.05, 0) is 32.8 Å². The average Bonchev–Trinajstić information content (AvgIpc) is 2.99. The minimum absolute atomic E-state index is 0.208. The molecule has 0 aliphatic heterocycles. The number of esters is 1. The number of nitrogens with zero attached hydrogens (tertiary/aromatic N) is 2. The number of hydrogen-bond acceptors (Lipinski definition) is 5. The summed E-state index contributed by atoms with van der Waals surface area (Å²) in [7, 11) is 0. The number of aryl methyl sites for hydroxylation is 2. The highest BCUT2D eigenvalue weighted by Gasteiger charge is 2.22. The van der Waals surface area contributed by atoms with Crippen LogP contribution in [-0.4, -0.2) is 22.1 Å². The predicted octanol–water partition coefficient (Wildman–Crippen LogP) is 4.65. The molecule has 0 saturated carbocycles. The monoisotopic (exact) mass is 384 g/mol. The van der Waals surface area contributed by atoms with E-state index in [0.29, 0.717) is 16.8 Å². The van der Waals surface area contributed by atoms with Gasteiger partial charge in [-0.15, -0.1) is 11.3 Å². The highest BCUT2D eigenvalue weighted by atomic mass is 32.1. The maximum Gasteiger partial charge on any atom is 0.328 e. The lowest BCUT2D eigenvalue weighted by molar-refractivity contribution is -0.147. The number of rotatable bonds is 6. The standard InChI is InChI=1S/C21H24N2O3S/c1-5-6-11-26-21(25)14(3)23-12-22-19-18(20(23)24)17(15(4)27-19)16-9-7-13(2)8-10-16/h7-10,12,14H,5-6,11H2,1-4H3/t14-/m1/s1. The second-order valence-electron chi connectivity index (χ2n) is 6.73. The molecule has 0 saturated heterocycles. The summed E-state index contributed by atoms with van der Waals surface area (Å²) in [5, 5.41) is 0.567. The fourth-order valence-electron chi connectivity index (χ4n) is 3.01. The Morgan fingerprint density at radius 2 is 1.96 bits per heavy atom. The zero-order chi connectivity index (χ0) is 19.6. The molecule has 0 radical (unpaired) electrons. The number of carbonyl (C=O) groups excluding carboxylic acids is 1. The second-order valence-corrected chi connectivity index (χ2v) is 7.94. The Bertz CT molecular complexity index is 1020. The van der Waals surface area contributed by atoms with Crippen molar-refractivity contribution in [1.29, 1.82) is 0 Å². The van der Waals surface area contributed by atoms with Crippen LogP contribution in [0.5, 0.6) is 0 Å². The topological polar surface area (TPSA) is 61.2 Å². The van der Waals surface area contributed by atoms with E-state index in [1.807, 2.05) is 45.0 Å². The van der Waals surface area contributed by atoms with Gasteiger partial charge < -0.3 is 4.74 Å². The number of ether oxygens (including phenoxy) is 1. The molecule has 3 rings (SSSR count). The molecule has 0 aliphatic carbocycles. The normalized spacial score (nSPS) is 12.3. The highest BCUT2D eigenvalue weighted by Crippen LogP contribution is 2.35. The van der Waals surface area contributed by atoms with E-state index < -0.39 is 12.0 Å². The third kappa shape index (κ3) is 3.81. The van der Waals surface area contributed by atoms with Crippen molar-refractivity contribution in [1.82, 2.24) is 9.55 Å². The van der Waals surface area contributed by atoms with E-state index in [0.717, 1.165) is 34.4 Å². The molecule has 2 heterocycles. The van der Waals surface area contributed by atoms with Crippen LogP contribution in [0.4, 0.5) is 0 Å². The number of carbonyl (C=O) groups is 1. The summed E-state index contributed by atoms with van der Waals surface area (Å²) in [6.45, 7) is 8.10. The van der Waals surface area contributed by atoms with Crippen LogP contribution >= 0.6 is 11.3 Å². The van der Waals surface area contributed by atoms with Crippen molar-refractivity contribution in [2.75, 3.05) is 6.61 Å². The van der Waals surface area contributed by atoms with E-state index >= 15 is 0 Å². The van der Waals surface area contributed by atoms with Gasteiger partial charge in [0, 0.05) is 10.4 Å². The maximum absolute atomic E-state index is 13.2. The summed E-state index contributed by atoms with van der Waals surface area (Å²) in [5.74, 6) is -0.407. The summed E-state index contributed by atoms with van der Waals surface area (Å²) in [6.07, 6.45) is 3.21. The molecule has 0 spiro atoms. The van der Waals surface area contributed by atoms with Gasteiger partial charge in [-0.1, -0.05) is 43.2 Å². The molecule has 5 nitrogen and oxygen atoms in total. The van der Waals surface area contributed by atoms with Gasteiger partial charge in [0.1, 0.15) is 10.9 Å². The molecule has 2 aromatic heterocycles. The van der Waals surface area contributed by atoms with Crippen molar-refractivity contribution in [3.8, 4) is 11.1 Å². The minimum atomic E-state index is -0.711. The van der Waals surface area contributed by atoms with Gasteiger partial charge >= 0.3 is 5.97 Å². The lowest BCUT2D eigenvalue weighted by Gasteiger charge is -2.14. The number of fused-ring (bicyclic) bond motifs is 1. The fourth-order valence-corrected chi connectivity index (χ4v) is 4.01. The van der Waals surface area contributed by atoms with Crippen LogP contribution in [0.3, 0.4) is 0 Å². The SMILES string of the molecule is CCCCOC(=O)[C@@H](C)n1cnc2sc(C)c(-c3ccc(C)cc3)c2c1=O. The van der Waals surface area contributed by atoms with Gasteiger partial charge in [0.25, 0.3) is 5.56 Å². The van der Waals surface area contributed by atoms with Gasteiger partial charge in [0.05, 0.1) is 18.3 Å². The minimum Gasteiger partial charge on any atom is -0.464 e. The van der Waals surface area contributed by atoms with E-state index in [1.54, 1.807) is 6.92 Å². The number of aromatic nitrogens is 2. The Hall–Kier alpha value is -2.47. The highest BCUT2D eigenvalue weighted by molar-refractivity contribution is 7.19. The number of hydrogen-bond donors (Lipinski definition) is 0. The van der Waals surface area contributed by atoms with Crippen molar-refractivity contribution >= 4 is 27.5 Å². The molecule has 3 aromatic rings. The van der Waals surface area contributed by atoms with Crippen molar-refractivity contribution < 1.29 is 9.53 Å². The molecular weight excluding hydrogens is 360 g/mol. The summed E-state index contributed by atoms with van der Waals surface area (Å²) < 4.78 is 6.65. The summed E-state index contributed by atoms with van der Waals surface area (Å²) >= 11 is 1.50. The van der Waals surface area contributed by atoms with Crippen LogP contribution < -0.4 is 5.56 Å². The number of unbranched alkanes of at least 4 members (excludes halogenated alkanes) is 1. The zero-order valence-corrected chi connectivity index (χ0v) is 16.9. The lowest BCUT2D eigenvalue weighted by Crippen LogP contribution is -2.29. The first-order valence-corrected chi connectivity index (χ1v) is 9.99. The molecule has 27 heavy (non-hydrogen) atoms. The largest absolute Gasteiger partial charge is 0.464 e. The Balaban J connectivity index is 2.06. The van der Waals surface area contributed by atoms with Crippen molar-refractivity contribution in [2.45, 2.75) is 46.6 Å². The van der Waals surface area contributed by atoms with Crippen LogP contribution in [0.25, 0.3) is 21.3 Å². The quantitative estimate of drug-likeness (QED) is 0.459. The Morgan fingerprint density at radius 3 is 2.63 bits per heavy atom. The lowest BCUT2D eigenvalue weighted by atomic mass is 10.0. The molecule has 6 heteroatoms. The second kappa shape index (κ2) is 8.05. The first-order chi connectivity index (χ1) is 12.9. The molecule has 0 bridgehead atoms. The van der Waals surface area contributed by atoms with Crippen molar-refractivity contribution in [3.63, 3.8) is 0 Å². The predicted molar refractivity (Wildman–Crippen MR) is 109 cm³/mol. The molecule has 142 valence electrons. The van der Waals surface area contributed by atoms with Crippen molar-refractivity contribution in [3.05, 3.63) is 51.4 Å². The maximum atomic E-state index is 13.2. The van der Waals surface area contributed by atoms with Gasteiger partial charge in [-0.3, -0.25) is 9.36 Å². The Labute approximate surface area is 162 Å². The molecule has 1 atom stereocenters. The Morgan fingerprint density at radius 1 is 1.26 bits per heavy atom. The molecule has 0 amide bonds. The molecule has 0 aliphatic rings. The first-order valence-electron chi connectivity index (χ1n) is 9.18. The van der Waals surface area contributed by atoms with Crippen LogP contribution in [0.1, 0.15) is 43.2 Å². The van der Waals surface area contributed by atoms with Crippen LogP contribution in [-0.2, 0) is 9.53 Å². The van der Waals surface area contributed by atoms with Crippen LogP contribution in [0, 0.1) is 13.8 Å². The van der Waals surface area contributed by atoms with Crippen molar-refractivity contribution in [2.24, 2.45) is 0 Å². The van der Waals surface area contributed by atoms with E-state index in [4.69, 9.17) is 4.74 Å². The number of thiophene rings is 1. The van der Waals surface area contributed by atoms with Gasteiger partial charge in [0.15, 0.2) is 0 Å². The molecule has 1 aromatic carbocycles. The molecule has 0 fully saturated rings. The molecule has 0 N–H and O–H groups in total. The van der Waals surface area contributed by atoms with E-state index in [2.05, 4.69) is 4.98 Å². The molecular formula is C21H24N2O3S. The van der Waals surface area contributed by atoms with E-state index in [9.17, 15) is 9.59 Å².